The molecule has 0 amide bonds. The lowest BCUT2D eigenvalue weighted by Gasteiger charge is -2.13. The second kappa shape index (κ2) is 4.45. The lowest BCUT2D eigenvalue weighted by molar-refractivity contribution is -0.124. The first-order chi connectivity index (χ1) is 4.63. The van der Waals surface area contributed by atoms with Gasteiger partial charge >= 0.3 is 0 Å². The van der Waals surface area contributed by atoms with Crippen molar-refractivity contribution in [2.75, 3.05) is 7.05 Å². The van der Waals surface area contributed by atoms with Crippen molar-refractivity contribution in [1.29, 1.82) is 0 Å². The maximum absolute atomic E-state index is 11.2. The van der Waals surface area contributed by atoms with Crippen molar-refractivity contribution in [2.45, 2.75) is 33.2 Å². The summed E-state index contributed by atoms with van der Waals surface area (Å²) in [5.74, 6) is 0.507. The molecule has 10 heavy (non-hydrogen) atoms. The van der Waals surface area contributed by atoms with E-state index in [0.29, 0.717) is 5.78 Å². The molecule has 0 aromatic carbocycles. The van der Waals surface area contributed by atoms with E-state index in [4.69, 9.17) is 0 Å². The van der Waals surface area contributed by atoms with Crippen molar-refractivity contribution < 1.29 is 4.79 Å². The summed E-state index contributed by atoms with van der Waals surface area (Å²) in [7, 11) is 1.81. The molecule has 60 valence electrons. The summed E-state index contributed by atoms with van der Waals surface area (Å²) >= 11 is 0. The number of hydrogen-bond donors (Lipinski definition) is 1. The van der Waals surface area contributed by atoms with Crippen LogP contribution in [0.2, 0.25) is 0 Å². The monoisotopic (exact) mass is 143 g/mol. The Balaban J connectivity index is 3.82. The van der Waals surface area contributed by atoms with Crippen molar-refractivity contribution in [3.05, 3.63) is 0 Å². The van der Waals surface area contributed by atoms with Crippen molar-refractivity contribution in [1.82, 2.24) is 5.32 Å². The van der Waals surface area contributed by atoms with E-state index < -0.39 is 0 Å². The Bertz CT molecular complexity index is 99.8. The van der Waals surface area contributed by atoms with Crippen LogP contribution in [0.3, 0.4) is 0 Å². The molecule has 0 saturated heterocycles. The minimum Gasteiger partial charge on any atom is -0.311 e. The zero-order valence-electron chi connectivity index (χ0n) is 7.27. The van der Waals surface area contributed by atoms with Crippen LogP contribution in [0, 0.1) is 5.92 Å². The Morgan fingerprint density at radius 3 is 2.30 bits per heavy atom. The lowest BCUT2D eigenvalue weighted by atomic mass is 9.99. The lowest BCUT2D eigenvalue weighted by Crippen LogP contribution is -2.34. The Kier molecular flexibility index (Phi) is 4.28. The molecule has 2 unspecified atom stereocenters. The van der Waals surface area contributed by atoms with Crippen LogP contribution in [0.25, 0.3) is 0 Å². The van der Waals surface area contributed by atoms with E-state index in [0.717, 1.165) is 6.42 Å². The third-order valence-corrected chi connectivity index (χ3v) is 1.96. The summed E-state index contributed by atoms with van der Waals surface area (Å²) in [5.41, 5.74) is 0. The van der Waals surface area contributed by atoms with Gasteiger partial charge in [0.25, 0.3) is 0 Å². The highest BCUT2D eigenvalue weighted by molar-refractivity contribution is 5.85. The van der Waals surface area contributed by atoms with E-state index in [9.17, 15) is 4.79 Å². The summed E-state index contributed by atoms with van der Waals surface area (Å²) in [5, 5.41) is 2.93. The fourth-order valence-electron chi connectivity index (χ4n) is 0.770. The van der Waals surface area contributed by atoms with Crippen LogP contribution in [0.5, 0.6) is 0 Å². The molecular weight excluding hydrogens is 126 g/mol. The molecule has 0 spiro atoms. The van der Waals surface area contributed by atoms with E-state index in [1.807, 2.05) is 27.8 Å². The van der Waals surface area contributed by atoms with Crippen LogP contribution >= 0.6 is 0 Å². The number of carbonyl (C=O) groups is 1. The highest BCUT2D eigenvalue weighted by Gasteiger charge is 2.15. The number of nitrogens with one attached hydrogen (secondary N) is 1. The van der Waals surface area contributed by atoms with E-state index in [-0.39, 0.29) is 12.0 Å². The fourth-order valence-corrected chi connectivity index (χ4v) is 0.770. The number of ketones is 1. The van der Waals surface area contributed by atoms with E-state index >= 15 is 0 Å². The second-order valence-electron chi connectivity index (χ2n) is 2.72. The fraction of sp³-hybridized carbons (Fsp3) is 0.875. The first-order valence-corrected chi connectivity index (χ1v) is 3.84. The molecule has 0 saturated carbocycles. The van der Waals surface area contributed by atoms with Crippen LogP contribution in [-0.4, -0.2) is 18.9 Å². The first-order valence-electron chi connectivity index (χ1n) is 3.84. The quantitative estimate of drug-likeness (QED) is 0.641. The molecule has 0 aliphatic rings. The average molecular weight is 143 g/mol. The molecule has 0 rings (SSSR count). The summed E-state index contributed by atoms with van der Waals surface area (Å²) in [6.45, 7) is 5.90. The van der Waals surface area contributed by atoms with Crippen LogP contribution in [0.1, 0.15) is 27.2 Å². The first kappa shape index (κ1) is 9.63. The molecular formula is C8H17NO. The average Bonchev–Trinajstić information content (AvgIpc) is 2.00. The van der Waals surface area contributed by atoms with Gasteiger partial charge in [-0.3, -0.25) is 4.79 Å². The van der Waals surface area contributed by atoms with Gasteiger partial charge in [0.2, 0.25) is 0 Å². The van der Waals surface area contributed by atoms with Gasteiger partial charge in [-0.05, 0) is 20.4 Å². The molecule has 1 N–H and O–H groups in total. The van der Waals surface area contributed by atoms with Crippen LogP contribution in [0.4, 0.5) is 0 Å². The van der Waals surface area contributed by atoms with E-state index in [1.54, 1.807) is 0 Å². The topological polar surface area (TPSA) is 29.1 Å². The summed E-state index contributed by atoms with van der Waals surface area (Å²) in [6, 6.07) is 0.00921. The van der Waals surface area contributed by atoms with Crippen LogP contribution in [0.15, 0.2) is 0 Å². The summed E-state index contributed by atoms with van der Waals surface area (Å²) in [6.07, 6.45) is 0.935. The normalized spacial score (nSPS) is 16.4. The molecule has 0 heterocycles. The van der Waals surface area contributed by atoms with Gasteiger partial charge in [-0.2, -0.15) is 0 Å². The zero-order chi connectivity index (χ0) is 8.15. The number of carbonyl (C=O) groups excluding carboxylic acids is 1. The van der Waals surface area contributed by atoms with Crippen molar-refractivity contribution in [3.63, 3.8) is 0 Å². The maximum atomic E-state index is 11.2. The van der Waals surface area contributed by atoms with E-state index in [1.165, 1.54) is 0 Å². The van der Waals surface area contributed by atoms with Crippen LogP contribution in [-0.2, 0) is 4.79 Å². The highest BCUT2D eigenvalue weighted by Crippen LogP contribution is 2.04. The molecule has 2 heteroatoms. The molecule has 0 radical (unpaired) electrons. The third-order valence-electron chi connectivity index (χ3n) is 1.96. The molecule has 0 fully saturated rings. The standard InChI is InChI=1S/C8H17NO/c1-5-6(2)8(10)7(3)9-4/h6-7,9H,5H2,1-4H3. The van der Waals surface area contributed by atoms with Gasteiger partial charge < -0.3 is 5.32 Å². The van der Waals surface area contributed by atoms with Gasteiger partial charge in [0.15, 0.2) is 5.78 Å². The summed E-state index contributed by atoms with van der Waals surface area (Å²) < 4.78 is 0. The molecule has 0 aliphatic carbocycles. The number of hydrogen-bond acceptors (Lipinski definition) is 2. The predicted molar refractivity (Wildman–Crippen MR) is 43.0 cm³/mol. The Labute approximate surface area is 63.0 Å². The minimum absolute atomic E-state index is 0.00921. The van der Waals surface area contributed by atoms with Crippen LogP contribution < -0.4 is 5.32 Å². The molecule has 0 bridgehead atoms. The number of Topliss-reactive ketones (excluding diaryl/α,β-unsaturated/α-hetero) is 1. The number of rotatable bonds is 4. The largest absolute Gasteiger partial charge is 0.311 e. The molecule has 0 aliphatic heterocycles. The zero-order valence-corrected chi connectivity index (χ0v) is 7.27. The third kappa shape index (κ3) is 2.48. The van der Waals surface area contributed by atoms with Gasteiger partial charge in [-0.1, -0.05) is 13.8 Å². The Hall–Kier alpha value is -0.370. The summed E-state index contributed by atoms with van der Waals surface area (Å²) in [4.78, 5) is 11.2. The maximum Gasteiger partial charge on any atom is 0.152 e. The highest BCUT2D eigenvalue weighted by atomic mass is 16.1. The van der Waals surface area contributed by atoms with E-state index in [2.05, 4.69) is 5.32 Å². The Morgan fingerprint density at radius 2 is 2.00 bits per heavy atom. The predicted octanol–water partition coefficient (Wildman–Crippen LogP) is 1.21. The smallest absolute Gasteiger partial charge is 0.152 e. The van der Waals surface area contributed by atoms with Gasteiger partial charge in [-0.25, -0.2) is 0 Å². The number of likely N-dealkylation sites (N-methyl/N-ethyl adjacent to an activating group) is 1. The SMILES string of the molecule is CCC(C)C(=O)C(C)NC. The van der Waals surface area contributed by atoms with Crippen molar-refractivity contribution >= 4 is 5.78 Å². The minimum atomic E-state index is 0.00921. The molecule has 0 aromatic rings. The Morgan fingerprint density at radius 1 is 1.50 bits per heavy atom. The second-order valence-corrected chi connectivity index (χ2v) is 2.72. The van der Waals surface area contributed by atoms with Gasteiger partial charge in [0, 0.05) is 5.92 Å². The molecule has 0 aromatic heterocycles. The van der Waals surface area contributed by atoms with Crippen molar-refractivity contribution in [3.8, 4) is 0 Å². The van der Waals surface area contributed by atoms with Gasteiger partial charge in [0.1, 0.15) is 0 Å². The van der Waals surface area contributed by atoms with Gasteiger partial charge in [0.05, 0.1) is 6.04 Å². The molecule has 2 atom stereocenters. The van der Waals surface area contributed by atoms with Crippen molar-refractivity contribution in [2.24, 2.45) is 5.92 Å². The van der Waals surface area contributed by atoms with Gasteiger partial charge in [-0.15, -0.1) is 0 Å². The molecule has 2 nitrogen and oxygen atoms in total.